The highest BCUT2D eigenvalue weighted by Crippen LogP contribution is 2.40. The number of likely N-dealkylation sites (N-methyl/N-ethyl adjacent to an activating group) is 1. The van der Waals surface area contributed by atoms with Crippen molar-refractivity contribution in [3.63, 3.8) is 0 Å². The zero-order valence-corrected chi connectivity index (χ0v) is 23.4. The number of anilines is 5. The Morgan fingerprint density at radius 3 is 2.74 bits per heavy atom. The van der Waals surface area contributed by atoms with Crippen LogP contribution in [-0.2, 0) is 14.4 Å². The van der Waals surface area contributed by atoms with Crippen LogP contribution in [0.5, 0.6) is 5.75 Å². The number of nitrogens with zero attached hydrogens (tertiary/aromatic N) is 4. The van der Waals surface area contributed by atoms with Crippen LogP contribution in [0.25, 0.3) is 0 Å². The van der Waals surface area contributed by atoms with E-state index >= 15 is 0 Å². The molecule has 0 radical (unpaired) electrons. The lowest BCUT2D eigenvalue weighted by Gasteiger charge is -2.25. The first-order valence-electron chi connectivity index (χ1n) is 12.2. The third kappa shape index (κ3) is 6.72. The molecule has 0 aliphatic carbocycles. The maximum atomic E-state index is 12.2. The lowest BCUT2D eigenvalue weighted by atomic mass is 10.0. The molecule has 10 nitrogen and oxygen atoms in total. The molecule has 4 rings (SSSR count). The molecule has 0 spiro atoms. The molecule has 1 fully saturated rings. The number of methoxy groups -OCH3 is 2. The summed E-state index contributed by atoms with van der Waals surface area (Å²) in [4.78, 5) is 28.9. The lowest BCUT2D eigenvalue weighted by Crippen LogP contribution is -2.24. The van der Waals surface area contributed by atoms with Gasteiger partial charge in [-0.05, 0) is 29.8 Å². The first-order valence-corrected chi connectivity index (χ1v) is 12.9. The molecule has 1 unspecified atom stereocenters. The van der Waals surface area contributed by atoms with E-state index in [1.54, 1.807) is 37.5 Å². The first kappa shape index (κ1) is 28.4. The summed E-state index contributed by atoms with van der Waals surface area (Å²) in [6.07, 6.45) is 3.42. The number of hydroxylamine groups is 1. The van der Waals surface area contributed by atoms with Gasteiger partial charge in [-0.25, -0.2) is 15.0 Å². The van der Waals surface area contributed by atoms with Crippen LogP contribution in [0.2, 0.25) is 10.0 Å². The molecule has 12 heteroatoms. The second kappa shape index (κ2) is 13.0. The van der Waals surface area contributed by atoms with E-state index < -0.39 is 0 Å². The highest BCUT2D eigenvalue weighted by atomic mass is 35.5. The van der Waals surface area contributed by atoms with Crippen molar-refractivity contribution in [2.45, 2.75) is 12.5 Å². The van der Waals surface area contributed by atoms with E-state index in [1.165, 1.54) is 12.4 Å². The molecule has 1 aliphatic heterocycles. The third-order valence-corrected chi connectivity index (χ3v) is 6.92. The number of halogens is 2. The van der Waals surface area contributed by atoms with Gasteiger partial charge in [0.25, 0.3) is 0 Å². The van der Waals surface area contributed by atoms with Gasteiger partial charge in [0.15, 0.2) is 5.82 Å². The van der Waals surface area contributed by atoms with Crippen molar-refractivity contribution in [2.24, 2.45) is 0 Å². The second-order valence-corrected chi connectivity index (χ2v) is 9.52. The van der Waals surface area contributed by atoms with Gasteiger partial charge in [-0.15, -0.1) is 0 Å². The Hall–Kier alpha value is -3.57. The van der Waals surface area contributed by atoms with Crippen LogP contribution in [0.3, 0.4) is 0 Å². The Morgan fingerprint density at radius 1 is 1.21 bits per heavy atom. The van der Waals surface area contributed by atoms with Crippen molar-refractivity contribution < 1.29 is 19.1 Å². The summed E-state index contributed by atoms with van der Waals surface area (Å²) in [5.74, 6) is 1.29. The molecule has 206 valence electrons. The Balaban J connectivity index is 1.64. The molecule has 2 N–H and O–H groups in total. The molecule has 1 saturated heterocycles. The number of carbonyl (C=O) groups excluding carboxylic acids is 1. The SMILES string of the molecule is C=CC(=O)Nc1cc(Nc2cc(N3OCCC3c3ccc(Cl)c(Cl)c3)ncn2)c(OC)cc1N(C)CCOC. The van der Waals surface area contributed by atoms with Gasteiger partial charge in [0.1, 0.15) is 17.9 Å². The first-order chi connectivity index (χ1) is 18.8. The summed E-state index contributed by atoms with van der Waals surface area (Å²) in [5, 5.41) is 8.87. The summed E-state index contributed by atoms with van der Waals surface area (Å²) in [7, 11) is 5.12. The fourth-order valence-electron chi connectivity index (χ4n) is 4.18. The molecule has 1 aliphatic rings. The molecule has 0 saturated carbocycles. The van der Waals surface area contributed by atoms with Gasteiger partial charge in [0.2, 0.25) is 5.91 Å². The summed E-state index contributed by atoms with van der Waals surface area (Å²) >= 11 is 12.4. The predicted octanol–water partition coefficient (Wildman–Crippen LogP) is 5.63. The van der Waals surface area contributed by atoms with Gasteiger partial charge >= 0.3 is 0 Å². The van der Waals surface area contributed by atoms with Crippen LogP contribution >= 0.6 is 23.2 Å². The van der Waals surface area contributed by atoms with E-state index in [1.807, 2.05) is 30.1 Å². The Bertz CT molecular complexity index is 1340. The van der Waals surface area contributed by atoms with Gasteiger partial charge in [-0.3, -0.25) is 9.63 Å². The van der Waals surface area contributed by atoms with E-state index in [-0.39, 0.29) is 11.9 Å². The van der Waals surface area contributed by atoms with Gasteiger partial charge in [0, 0.05) is 39.3 Å². The van der Waals surface area contributed by atoms with Crippen LogP contribution in [0, 0.1) is 0 Å². The average Bonchev–Trinajstić information content (AvgIpc) is 3.43. The fraction of sp³-hybridized carbons (Fsp3) is 0.296. The number of ether oxygens (including phenoxy) is 2. The number of benzene rings is 2. The molecular formula is C27H30Cl2N6O4. The van der Waals surface area contributed by atoms with Crippen molar-refractivity contribution in [3.05, 3.63) is 71.0 Å². The molecule has 1 atom stereocenters. The van der Waals surface area contributed by atoms with Crippen molar-refractivity contribution in [1.82, 2.24) is 9.97 Å². The minimum atomic E-state index is -0.337. The second-order valence-electron chi connectivity index (χ2n) is 8.70. The molecule has 2 aromatic carbocycles. The maximum Gasteiger partial charge on any atom is 0.247 e. The normalized spacial score (nSPS) is 14.7. The minimum absolute atomic E-state index is 0.0975. The molecule has 39 heavy (non-hydrogen) atoms. The van der Waals surface area contributed by atoms with E-state index in [9.17, 15) is 4.79 Å². The van der Waals surface area contributed by atoms with Gasteiger partial charge in [-0.1, -0.05) is 35.8 Å². The summed E-state index contributed by atoms with van der Waals surface area (Å²) in [6.45, 7) is 5.20. The zero-order chi connectivity index (χ0) is 27.9. The van der Waals surface area contributed by atoms with Crippen LogP contribution in [0.4, 0.5) is 28.7 Å². The molecule has 0 bridgehead atoms. The number of rotatable bonds is 11. The van der Waals surface area contributed by atoms with Crippen LogP contribution in [0.1, 0.15) is 18.0 Å². The van der Waals surface area contributed by atoms with Gasteiger partial charge in [-0.2, -0.15) is 0 Å². The molecule has 1 aromatic heterocycles. The molecule has 2 heterocycles. The van der Waals surface area contributed by atoms with E-state index in [2.05, 4.69) is 27.2 Å². The number of amides is 1. The van der Waals surface area contributed by atoms with E-state index in [0.29, 0.717) is 58.6 Å². The number of carbonyl (C=O) groups is 1. The average molecular weight is 573 g/mol. The Morgan fingerprint density at radius 2 is 2.03 bits per heavy atom. The van der Waals surface area contributed by atoms with Gasteiger partial charge in [0.05, 0.1) is 53.5 Å². The number of hydrogen-bond acceptors (Lipinski definition) is 9. The van der Waals surface area contributed by atoms with Crippen molar-refractivity contribution in [2.75, 3.05) is 61.6 Å². The summed E-state index contributed by atoms with van der Waals surface area (Å²) < 4.78 is 10.9. The molecule has 1 amide bonds. The van der Waals surface area contributed by atoms with Crippen molar-refractivity contribution >= 4 is 57.8 Å². The topological polar surface area (TPSA) is 101 Å². The van der Waals surface area contributed by atoms with E-state index in [0.717, 1.165) is 17.7 Å². The molecular weight excluding hydrogens is 543 g/mol. The summed E-state index contributed by atoms with van der Waals surface area (Å²) in [6, 6.07) is 10.8. The minimum Gasteiger partial charge on any atom is -0.494 e. The van der Waals surface area contributed by atoms with Crippen molar-refractivity contribution in [3.8, 4) is 5.75 Å². The quantitative estimate of drug-likeness (QED) is 0.283. The lowest BCUT2D eigenvalue weighted by molar-refractivity contribution is -0.111. The predicted molar refractivity (Wildman–Crippen MR) is 155 cm³/mol. The Kier molecular flexibility index (Phi) is 9.47. The summed E-state index contributed by atoms with van der Waals surface area (Å²) in [5.41, 5.74) is 2.88. The van der Waals surface area contributed by atoms with Crippen LogP contribution < -0.4 is 25.3 Å². The molecule has 3 aromatic rings. The standard InChI is InChI=1S/C27H30Cl2N6O4/c1-5-27(36)33-20-13-21(24(38-4)14-23(20)34(2)9-11-37-3)32-25-15-26(31-16-30-25)35-22(8-10-39-35)17-6-7-18(28)19(29)12-17/h5-7,12-16,22H,1,8-11H2,2-4H3,(H,33,36)(H,30,31,32). The monoisotopic (exact) mass is 572 g/mol. The highest BCUT2D eigenvalue weighted by Gasteiger charge is 2.29. The largest absolute Gasteiger partial charge is 0.494 e. The zero-order valence-electron chi connectivity index (χ0n) is 21.9. The van der Waals surface area contributed by atoms with Crippen LogP contribution in [-0.4, -0.2) is 56.9 Å². The Labute approximate surface area is 237 Å². The maximum absolute atomic E-state index is 12.2. The van der Waals surface area contributed by atoms with Crippen LogP contribution in [0.15, 0.2) is 55.4 Å². The number of aromatic nitrogens is 2. The van der Waals surface area contributed by atoms with Gasteiger partial charge < -0.3 is 25.0 Å². The fourth-order valence-corrected chi connectivity index (χ4v) is 4.48. The highest BCUT2D eigenvalue weighted by molar-refractivity contribution is 6.42. The van der Waals surface area contributed by atoms with Crippen molar-refractivity contribution in [1.29, 1.82) is 0 Å². The smallest absolute Gasteiger partial charge is 0.247 e. The third-order valence-electron chi connectivity index (χ3n) is 6.18. The number of nitrogens with one attached hydrogen (secondary N) is 2. The number of hydrogen-bond donors (Lipinski definition) is 2. The van der Waals surface area contributed by atoms with E-state index in [4.69, 9.17) is 37.5 Å².